The Kier molecular flexibility index (Phi) is 5.89. The molecule has 0 aliphatic heterocycles. The minimum absolute atomic E-state index is 0.110. The molecule has 2 amide bonds. The zero-order chi connectivity index (χ0) is 20.8. The van der Waals surface area contributed by atoms with E-state index in [1.165, 1.54) is 31.4 Å². The summed E-state index contributed by atoms with van der Waals surface area (Å²) in [4.78, 5) is 36.0. The van der Waals surface area contributed by atoms with Gasteiger partial charge in [-0.15, -0.1) is 0 Å². The number of benzene rings is 3. The van der Waals surface area contributed by atoms with Gasteiger partial charge in [-0.25, -0.2) is 0 Å². The van der Waals surface area contributed by atoms with Gasteiger partial charge in [0.05, 0.1) is 24.3 Å². The summed E-state index contributed by atoms with van der Waals surface area (Å²) in [5.74, 6) is -1.76. The van der Waals surface area contributed by atoms with E-state index in [0.717, 1.165) is 0 Å². The van der Waals surface area contributed by atoms with Crippen LogP contribution in [0.3, 0.4) is 0 Å². The third kappa shape index (κ3) is 4.59. The van der Waals surface area contributed by atoms with Crippen molar-refractivity contribution in [2.75, 3.05) is 17.7 Å². The first-order valence-corrected chi connectivity index (χ1v) is 8.65. The molecule has 0 aliphatic rings. The number of carbonyl (C=O) groups excluding carboxylic acids is 3. The number of aromatic carboxylic acids is 1. The maximum atomic E-state index is 12.4. The molecule has 0 aliphatic carbocycles. The van der Waals surface area contributed by atoms with E-state index in [-0.39, 0.29) is 17.2 Å². The molecule has 3 rings (SSSR count). The molecule has 2 N–H and O–H groups in total. The maximum Gasteiger partial charge on any atom is 0.259 e. The van der Waals surface area contributed by atoms with E-state index in [4.69, 9.17) is 4.74 Å². The fraction of sp³-hybridized carbons (Fsp3) is 0.0455. The van der Waals surface area contributed by atoms with Crippen LogP contribution in [0.5, 0.6) is 5.75 Å². The van der Waals surface area contributed by atoms with Crippen molar-refractivity contribution in [1.82, 2.24) is 0 Å². The van der Waals surface area contributed by atoms with E-state index in [1.54, 1.807) is 48.5 Å². The second-order valence-corrected chi connectivity index (χ2v) is 6.02. The smallest absolute Gasteiger partial charge is 0.259 e. The molecular formula is C22H17N2O5-. The highest BCUT2D eigenvalue weighted by Gasteiger charge is 2.13. The van der Waals surface area contributed by atoms with Crippen molar-refractivity contribution < 1.29 is 24.2 Å². The van der Waals surface area contributed by atoms with Gasteiger partial charge in [0, 0.05) is 16.8 Å². The Labute approximate surface area is 166 Å². The summed E-state index contributed by atoms with van der Waals surface area (Å²) < 4.78 is 5.18. The molecule has 0 atom stereocenters. The van der Waals surface area contributed by atoms with Crippen LogP contribution < -0.4 is 20.5 Å². The first-order chi connectivity index (χ1) is 14.0. The number of anilines is 2. The van der Waals surface area contributed by atoms with Gasteiger partial charge < -0.3 is 25.3 Å². The Morgan fingerprint density at radius 1 is 0.759 bits per heavy atom. The van der Waals surface area contributed by atoms with Gasteiger partial charge >= 0.3 is 0 Å². The first kappa shape index (κ1) is 19.6. The number of carboxylic acids is 1. The minimum Gasteiger partial charge on any atom is -0.545 e. The number of carboxylic acid groups (broad SMARTS) is 1. The van der Waals surface area contributed by atoms with E-state index in [1.807, 2.05) is 0 Å². The molecule has 0 heterocycles. The molecule has 0 aromatic heterocycles. The first-order valence-electron chi connectivity index (χ1n) is 8.65. The van der Waals surface area contributed by atoms with Crippen LogP contribution in [0, 0.1) is 0 Å². The van der Waals surface area contributed by atoms with Crippen molar-refractivity contribution in [3.05, 3.63) is 89.5 Å². The Bertz CT molecular complexity index is 1060. The standard InChI is InChI=1S/C22H18N2O5/c1-29-19-9-5-3-7-17(19)21(26)23-15-12-10-14(11-13-15)20(25)24-18-8-4-2-6-16(18)22(27)28/h2-13H,1H3,(H,23,26)(H,24,25)(H,27,28)/p-1. The molecule has 29 heavy (non-hydrogen) atoms. The van der Waals surface area contributed by atoms with Gasteiger partial charge in [0.1, 0.15) is 5.75 Å². The van der Waals surface area contributed by atoms with E-state index in [9.17, 15) is 19.5 Å². The van der Waals surface area contributed by atoms with Crippen molar-refractivity contribution in [3.63, 3.8) is 0 Å². The van der Waals surface area contributed by atoms with E-state index < -0.39 is 11.9 Å². The summed E-state index contributed by atoms with van der Waals surface area (Å²) in [6.45, 7) is 0. The van der Waals surface area contributed by atoms with Crippen LogP contribution in [0.1, 0.15) is 31.1 Å². The fourth-order valence-electron chi connectivity index (χ4n) is 2.70. The highest BCUT2D eigenvalue weighted by atomic mass is 16.5. The molecule has 3 aromatic carbocycles. The molecule has 0 spiro atoms. The molecule has 0 radical (unpaired) electrons. The van der Waals surface area contributed by atoms with Crippen molar-refractivity contribution in [1.29, 1.82) is 0 Å². The van der Waals surface area contributed by atoms with Crippen LogP contribution in [-0.4, -0.2) is 24.9 Å². The molecule has 0 bridgehead atoms. The maximum absolute atomic E-state index is 12.4. The Balaban J connectivity index is 1.71. The Morgan fingerprint density at radius 2 is 1.38 bits per heavy atom. The van der Waals surface area contributed by atoms with Crippen molar-refractivity contribution in [2.24, 2.45) is 0 Å². The molecule has 3 aromatic rings. The van der Waals surface area contributed by atoms with E-state index in [0.29, 0.717) is 22.6 Å². The third-order valence-electron chi connectivity index (χ3n) is 4.15. The minimum atomic E-state index is -1.38. The molecular weight excluding hydrogens is 372 g/mol. The lowest BCUT2D eigenvalue weighted by Crippen LogP contribution is -2.24. The fourth-order valence-corrected chi connectivity index (χ4v) is 2.70. The van der Waals surface area contributed by atoms with Crippen LogP contribution >= 0.6 is 0 Å². The predicted molar refractivity (Wildman–Crippen MR) is 106 cm³/mol. The van der Waals surface area contributed by atoms with Crippen molar-refractivity contribution >= 4 is 29.2 Å². The summed E-state index contributed by atoms with van der Waals surface area (Å²) in [5.41, 5.74) is 1.21. The lowest BCUT2D eigenvalue weighted by atomic mass is 10.1. The number of para-hydroxylation sites is 2. The predicted octanol–water partition coefficient (Wildman–Crippen LogP) is 2.56. The number of carbonyl (C=O) groups is 3. The van der Waals surface area contributed by atoms with Gasteiger partial charge in [0.25, 0.3) is 11.8 Å². The second-order valence-electron chi connectivity index (χ2n) is 6.02. The molecule has 0 saturated carbocycles. The number of methoxy groups -OCH3 is 1. The molecule has 7 heteroatoms. The van der Waals surface area contributed by atoms with Gasteiger partial charge in [0.2, 0.25) is 0 Å². The number of nitrogens with one attached hydrogen (secondary N) is 2. The third-order valence-corrected chi connectivity index (χ3v) is 4.15. The number of ether oxygens (including phenoxy) is 1. The molecule has 146 valence electrons. The summed E-state index contributed by atoms with van der Waals surface area (Å²) in [5, 5.41) is 16.4. The number of hydrogen-bond donors (Lipinski definition) is 2. The largest absolute Gasteiger partial charge is 0.545 e. The molecule has 0 saturated heterocycles. The van der Waals surface area contributed by atoms with Gasteiger partial charge in [0.15, 0.2) is 0 Å². The van der Waals surface area contributed by atoms with Gasteiger partial charge in [-0.2, -0.15) is 0 Å². The zero-order valence-corrected chi connectivity index (χ0v) is 15.5. The van der Waals surface area contributed by atoms with Gasteiger partial charge in [-0.05, 0) is 42.5 Å². The molecule has 0 fully saturated rings. The molecule has 7 nitrogen and oxygen atoms in total. The normalized spacial score (nSPS) is 10.1. The number of hydrogen-bond acceptors (Lipinski definition) is 5. The highest BCUT2D eigenvalue weighted by Crippen LogP contribution is 2.20. The molecule has 0 unspecified atom stereocenters. The van der Waals surface area contributed by atoms with Crippen LogP contribution in [0.25, 0.3) is 0 Å². The lowest BCUT2D eigenvalue weighted by Gasteiger charge is -2.12. The van der Waals surface area contributed by atoms with E-state index >= 15 is 0 Å². The SMILES string of the molecule is COc1ccccc1C(=O)Nc1ccc(C(=O)Nc2ccccc2C(=O)[O-])cc1. The Morgan fingerprint density at radius 3 is 2.03 bits per heavy atom. The summed E-state index contributed by atoms with van der Waals surface area (Å²) in [6.07, 6.45) is 0. The van der Waals surface area contributed by atoms with Crippen LogP contribution in [0.2, 0.25) is 0 Å². The summed E-state index contributed by atoms with van der Waals surface area (Å²) in [6, 6.07) is 19.0. The zero-order valence-electron chi connectivity index (χ0n) is 15.5. The van der Waals surface area contributed by atoms with Crippen LogP contribution in [0.4, 0.5) is 11.4 Å². The Hall–Kier alpha value is -4.13. The summed E-state index contributed by atoms with van der Waals surface area (Å²) in [7, 11) is 1.48. The average Bonchev–Trinajstić information content (AvgIpc) is 2.74. The quantitative estimate of drug-likeness (QED) is 0.674. The summed E-state index contributed by atoms with van der Waals surface area (Å²) >= 11 is 0. The van der Waals surface area contributed by atoms with Crippen molar-refractivity contribution in [3.8, 4) is 5.75 Å². The lowest BCUT2D eigenvalue weighted by molar-refractivity contribution is -0.254. The average molecular weight is 389 g/mol. The number of rotatable bonds is 6. The monoisotopic (exact) mass is 389 g/mol. The van der Waals surface area contributed by atoms with Crippen LogP contribution in [-0.2, 0) is 0 Å². The van der Waals surface area contributed by atoms with Gasteiger partial charge in [-0.3, -0.25) is 9.59 Å². The van der Waals surface area contributed by atoms with E-state index in [2.05, 4.69) is 10.6 Å². The van der Waals surface area contributed by atoms with Crippen LogP contribution in [0.15, 0.2) is 72.8 Å². The van der Waals surface area contributed by atoms with Crippen molar-refractivity contribution in [2.45, 2.75) is 0 Å². The van der Waals surface area contributed by atoms with Gasteiger partial charge in [-0.1, -0.05) is 30.3 Å². The number of amides is 2. The second kappa shape index (κ2) is 8.71. The topological polar surface area (TPSA) is 108 Å². The highest BCUT2D eigenvalue weighted by molar-refractivity contribution is 6.08.